The zero-order chi connectivity index (χ0) is 18.2. The van der Waals surface area contributed by atoms with Gasteiger partial charge in [-0.05, 0) is 49.6 Å². The SMILES string of the molecule is Cc1ccc(NC(=O)c2ccc(NCCCc3ccccc3)nn2)cc1. The highest BCUT2D eigenvalue weighted by molar-refractivity contribution is 6.02. The lowest BCUT2D eigenvalue weighted by molar-refractivity contribution is 0.102. The summed E-state index contributed by atoms with van der Waals surface area (Å²) in [6.07, 6.45) is 2.01. The molecule has 1 amide bonds. The fourth-order valence-electron chi connectivity index (χ4n) is 2.53. The molecule has 0 bridgehead atoms. The predicted molar refractivity (Wildman–Crippen MR) is 104 cm³/mol. The first-order valence-electron chi connectivity index (χ1n) is 8.70. The molecule has 5 nitrogen and oxygen atoms in total. The molecule has 0 unspecified atom stereocenters. The standard InChI is InChI=1S/C21H22N4O/c1-16-9-11-18(12-10-16)23-21(26)19-13-14-20(25-24-19)22-15-5-8-17-6-3-2-4-7-17/h2-4,6-7,9-14H,5,8,15H2,1H3,(H,22,25)(H,23,26). The minimum atomic E-state index is -0.267. The van der Waals surface area contributed by atoms with Crippen LogP contribution >= 0.6 is 0 Å². The number of rotatable bonds is 7. The van der Waals surface area contributed by atoms with Crippen molar-refractivity contribution in [2.24, 2.45) is 0 Å². The van der Waals surface area contributed by atoms with Crippen LogP contribution in [0.3, 0.4) is 0 Å². The fraction of sp³-hybridized carbons (Fsp3) is 0.190. The summed E-state index contributed by atoms with van der Waals surface area (Å²) in [5, 5.41) is 14.1. The minimum absolute atomic E-state index is 0.267. The lowest BCUT2D eigenvalue weighted by Crippen LogP contribution is -2.15. The number of carbonyl (C=O) groups is 1. The third kappa shape index (κ3) is 5.14. The van der Waals surface area contributed by atoms with Gasteiger partial charge in [-0.25, -0.2) is 0 Å². The van der Waals surface area contributed by atoms with Crippen LogP contribution in [0.15, 0.2) is 66.7 Å². The molecule has 0 radical (unpaired) electrons. The molecular weight excluding hydrogens is 324 g/mol. The second-order valence-electron chi connectivity index (χ2n) is 6.14. The van der Waals surface area contributed by atoms with Crippen molar-refractivity contribution in [3.63, 3.8) is 0 Å². The molecule has 3 rings (SSSR count). The smallest absolute Gasteiger partial charge is 0.276 e. The Labute approximate surface area is 153 Å². The van der Waals surface area contributed by atoms with E-state index in [1.165, 1.54) is 5.56 Å². The first-order valence-corrected chi connectivity index (χ1v) is 8.70. The molecule has 2 aromatic carbocycles. The lowest BCUT2D eigenvalue weighted by Gasteiger charge is -2.07. The molecule has 26 heavy (non-hydrogen) atoms. The van der Waals surface area contributed by atoms with Crippen LogP contribution in [0.5, 0.6) is 0 Å². The number of aryl methyl sites for hydroxylation is 2. The Morgan fingerprint density at radius 3 is 2.38 bits per heavy atom. The molecule has 0 atom stereocenters. The summed E-state index contributed by atoms with van der Waals surface area (Å²) in [5.41, 5.74) is 3.50. The second kappa shape index (κ2) is 8.76. The number of hydrogen-bond donors (Lipinski definition) is 2. The Morgan fingerprint density at radius 1 is 0.923 bits per heavy atom. The number of anilines is 2. The van der Waals surface area contributed by atoms with Crippen molar-refractivity contribution in [2.75, 3.05) is 17.2 Å². The maximum atomic E-state index is 12.2. The number of aromatic nitrogens is 2. The molecule has 1 aromatic heterocycles. The van der Waals surface area contributed by atoms with Gasteiger partial charge >= 0.3 is 0 Å². The number of hydrogen-bond acceptors (Lipinski definition) is 4. The van der Waals surface area contributed by atoms with Crippen LogP contribution in [-0.4, -0.2) is 22.6 Å². The Bertz CT molecular complexity index is 830. The van der Waals surface area contributed by atoms with Crippen molar-refractivity contribution in [1.82, 2.24) is 10.2 Å². The zero-order valence-corrected chi connectivity index (χ0v) is 14.8. The molecule has 0 spiro atoms. The van der Waals surface area contributed by atoms with Crippen molar-refractivity contribution in [1.29, 1.82) is 0 Å². The molecule has 0 aliphatic rings. The molecule has 0 saturated carbocycles. The quantitative estimate of drug-likeness (QED) is 0.633. The summed E-state index contributed by atoms with van der Waals surface area (Å²) in [4.78, 5) is 12.2. The van der Waals surface area contributed by atoms with E-state index in [1.54, 1.807) is 12.1 Å². The Morgan fingerprint density at radius 2 is 1.69 bits per heavy atom. The molecule has 0 saturated heterocycles. The van der Waals surface area contributed by atoms with Gasteiger partial charge in [-0.15, -0.1) is 10.2 Å². The Balaban J connectivity index is 1.46. The normalized spacial score (nSPS) is 10.3. The third-order valence-electron chi connectivity index (χ3n) is 4.00. The predicted octanol–water partition coefficient (Wildman–Crippen LogP) is 4.08. The van der Waals surface area contributed by atoms with Crippen molar-refractivity contribution >= 4 is 17.4 Å². The van der Waals surface area contributed by atoms with E-state index in [-0.39, 0.29) is 5.91 Å². The van der Waals surface area contributed by atoms with E-state index in [0.717, 1.165) is 30.6 Å². The van der Waals surface area contributed by atoms with Gasteiger partial charge in [-0.3, -0.25) is 4.79 Å². The summed E-state index contributed by atoms with van der Waals surface area (Å²) in [6, 6.07) is 21.5. The maximum absolute atomic E-state index is 12.2. The molecule has 0 fully saturated rings. The minimum Gasteiger partial charge on any atom is -0.369 e. The van der Waals surface area contributed by atoms with Crippen LogP contribution in [0.2, 0.25) is 0 Å². The van der Waals surface area contributed by atoms with Crippen LogP contribution in [0.4, 0.5) is 11.5 Å². The highest BCUT2D eigenvalue weighted by Gasteiger charge is 2.08. The molecule has 1 heterocycles. The Hall–Kier alpha value is -3.21. The molecular formula is C21H22N4O. The van der Waals surface area contributed by atoms with E-state index in [9.17, 15) is 4.79 Å². The molecule has 3 aromatic rings. The summed E-state index contributed by atoms with van der Waals surface area (Å²) in [6.45, 7) is 2.81. The average Bonchev–Trinajstić information content (AvgIpc) is 2.68. The van der Waals surface area contributed by atoms with Crippen LogP contribution in [0.25, 0.3) is 0 Å². The number of nitrogens with zero attached hydrogens (tertiary/aromatic N) is 2. The highest BCUT2D eigenvalue weighted by Crippen LogP contribution is 2.11. The van der Waals surface area contributed by atoms with Gasteiger partial charge in [0.25, 0.3) is 5.91 Å². The van der Waals surface area contributed by atoms with E-state index in [4.69, 9.17) is 0 Å². The van der Waals surface area contributed by atoms with Gasteiger partial charge in [-0.1, -0.05) is 48.0 Å². The zero-order valence-electron chi connectivity index (χ0n) is 14.8. The number of carbonyl (C=O) groups excluding carboxylic acids is 1. The van der Waals surface area contributed by atoms with E-state index >= 15 is 0 Å². The largest absolute Gasteiger partial charge is 0.369 e. The molecule has 2 N–H and O–H groups in total. The van der Waals surface area contributed by atoms with E-state index < -0.39 is 0 Å². The Kier molecular flexibility index (Phi) is 5.93. The van der Waals surface area contributed by atoms with E-state index in [1.807, 2.05) is 37.3 Å². The van der Waals surface area contributed by atoms with Crippen LogP contribution in [-0.2, 0) is 6.42 Å². The van der Waals surface area contributed by atoms with E-state index in [2.05, 4.69) is 45.1 Å². The van der Waals surface area contributed by atoms with Crippen LogP contribution in [0.1, 0.15) is 28.0 Å². The number of amides is 1. The van der Waals surface area contributed by atoms with Gasteiger partial charge in [0.2, 0.25) is 0 Å². The second-order valence-corrected chi connectivity index (χ2v) is 6.14. The summed E-state index contributed by atoms with van der Waals surface area (Å²) in [7, 11) is 0. The van der Waals surface area contributed by atoms with Crippen molar-refractivity contribution in [2.45, 2.75) is 19.8 Å². The molecule has 5 heteroatoms. The maximum Gasteiger partial charge on any atom is 0.276 e. The first kappa shape index (κ1) is 17.6. The van der Waals surface area contributed by atoms with Gasteiger partial charge < -0.3 is 10.6 Å². The lowest BCUT2D eigenvalue weighted by atomic mass is 10.1. The van der Waals surface area contributed by atoms with Crippen molar-refractivity contribution in [3.05, 3.63) is 83.6 Å². The highest BCUT2D eigenvalue weighted by atomic mass is 16.1. The van der Waals surface area contributed by atoms with Gasteiger partial charge in [-0.2, -0.15) is 0 Å². The van der Waals surface area contributed by atoms with Gasteiger partial charge in [0.05, 0.1) is 0 Å². The van der Waals surface area contributed by atoms with E-state index in [0.29, 0.717) is 11.5 Å². The number of nitrogens with one attached hydrogen (secondary N) is 2. The molecule has 132 valence electrons. The molecule has 0 aliphatic carbocycles. The fourth-order valence-corrected chi connectivity index (χ4v) is 2.53. The average molecular weight is 346 g/mol. The van der Waals surface area contributed by atoms with Gasteiger partial charge in [0, 0.05) is 12.2 Å². The van der Waals surface area contributed by atoms with Crippen LogP contribution < -0.4 is 10.6 Å². The van der Waals surface area contributed by atoms with Gasteiger partial charge in [0.1, 0.15) is 5.82 Å². The summed E-state index contributed by atoms with van der Waals surface area (Å²) >= 11 is 0. The number of benzene rings is 2. The topological polar surface area (TPSA) is 66.9 Å². The monoisotopic (exact) mass is 346 g/mol. The third-order valence-corrected chi connectivity index (χ3v) is 4.00. The summed E-state index contributed by atoms with van der Waals surface area (Å²) in [5.74, 6) is 0.405. The first-order chi connectivity index (χ1) is 12.7. The van der Waals surface area contributed by atoms with Gasteiger partial charge in [0.15, 0.2) is 5.69 Å². The van der Waals surface area contributed by atoms with Crippen LogP contribution in [0, 0.1) is 6.92 Å². The van der Waals surface area contributed by atoms with Crippen molar-refractivity contribution < 1.29 is 4.79 Å². The summed E-state index contributed by atoms with van der Waals surface area (Å²) < 4.78 is 0. The van der Waals surface area contributed by atoms with Crippen molar-refractivity contribution in [3.8, 4) is 0 Å². The molecule has 0 aliphatic heterocycles.